The molecule has 2 unspecified atom stereocenters. The predicted octanol–water partition coefficient (Wildman–Crippen LogP) is 5.03. The number of likely N-dealkylation sites (tertiary alicyclic amines) is 2. The summed E-state index contributed by atoms with van der Waals surface area (Å²) in [5, 5.41) is 5.04. The van der Waals surface area contributed by atoms with E-state index >= 15 is 0 Å². The summed E-state index contributed by atoms with van der Waals surface area (Å²) in [6.45, 7) is 2.86. The van der Waals surface area contributed by atoms with Crippen molar-refractivity contribution < 1.29 is 9.59 Å². The standard InChI is InChI=1S/C26H34N4O2S/c31-25(30-13-5-7-19-6-1-2-9-23(19)30)21-16-24(33-18-21)20-10-14-29(15-11-20)26(32)28-17-22-8-3-4-12-27-22/h3-4,8,12,16,18-20,23H,1-2,5-7,9-11,13-15,17H2,(H,28,32). The van der Waals surface area contributed by atoms with Crippen molar-refractivity contribution in [2.45, 2.75) is 69.9 Å². The Kier molecular flexibility index (Phi) is 6.95. The largest absolute Gasteiger partial charge is 0.335 e. The number of aromatic nitrogens is 1. The van der Waals surface area contributed by atoms with Gasteiger partial charge in [0, 0.05) is 42.1 Å². The van der Waals surface area contributed by atoms with Crippen LogP contribution in [-0.4, -0.2) is 52.4 Å². The summed E-state index contributed by atoms with van der Waals surface area (Å²) in [4.78, 5) is 35.5. The van der Waals surface area contributed by atoms with Gasteiger partial charge in [-0.1, -0.05) is 18.9 Å². The summed E-state index contributed by atoms with van der Waals surface area (Å²) < 4.78 is 0. The molecule has 2 saturated heterocycles. The van der Waals surface area contributed by atoms with Gasteiger partial charge in [0.05, 0.1) is 17.8 Å². The molecule has 2 aliphatic heterocycles. The average Bonchev–Trinajstić information content (AvgIpc) is 3.38. The van der Waals surface area contributed by atoms with Crippen LogP contribution in [0, 0.1) is 5.92 Å². The van der Waals surface area contributed by atoms with Crippen molar-refractivity contribution in [2.24, 2.45) is 5.92 Å². The van der Waals surface area contributed by atoms with E-state index in [1.54, 1.807) is 17.5 Å². The molecule has 3 amide bonds. The van der Waals surface area contributed by atoms with E-state index in [-0.39, 0.29) is 11.9 Å². The van der Waals surface area contributed by atoms with Crippen molar-refractivity contribution >= 4 is 23.3 Å². The van der Waals surface area contributed by atoms with Crippen LogP contribution in [0.1, 0.15) is 78.2 Å². The van der Waals surface area contributed by atoms with Crippen molar-refractivity contribution in [3.05, 3.63) is 52.0 Å². The minimum atomic E-state index is -0.0201. The molecule has 2 aromatic heterocycles. The maximum atomic E-state index is 13.3. The van der Waals surface area contributed by atoms with E-state index in [2.05, 4.69) is 26.6 Å². The zero-order chi connectivity index (χ0) is 22.6. The van der Waals surface area contributed by atoms with Gasteiger partial charge in [-0.2, -0.15) is 0 Å². The maximum Gasteiger partial charge on any atom is 0.317 e. The Balaban J connectivity index is 1.14. The van der Waals surface area contributed by atoms with Gasteiger partial charge in [0.25, 0.3) is 5.91 Å². The van der Waals surface area contributed by atoms with E-state index in [0.717, 1.165) is 50.2 Å². The third kappa shape index (κ3) is 5.08. The van der Waals surface area contributed by atoms with Crippen LogP contribution in [0.15, 0.2) is 35.8 Å². The number of urea groups is 1. The number of hydrogen-bond donors (Lipinski definition) is 1. The van der Waals surface area contributed by atoms with E-state index in [1.807, 2.05) is 23.1 Å². The number of rotatable bonds is 4. The average molecular weight is 467 g/mol. The lowest BCUT2D eigenvalue weighted by atomic mass is 9.78. The molecule has 0 aromatic carbocycles. The summed E-state index contributed by atoms with van der Waals surface area (Å²) in [6, 6.07) is 8.29. The van der Waals surface area contributed by atoms with Crippen LogP contribution in [0.3, 0.4) is 0 Å². The van der Waals surface area contributed by atoms with E-state index in [0.29, 0.717) is 24.4 Å². The molecule has 5 rings (SSSR count). The normalized spacial score (nSPS) is 23.8. The van der Waals surface area contributed by atoms with Gasteiger partial charge in [-0.25, -0.2) is 4.79 Å². The van der Waals surface area contributed by atoms with Crippen LogP contribution in [0.4, 0.5) is 4.79 Å². The molecule has 1 saturated carbocycles. The first kappa shape index (κ1) is 22.4. The van der Waals surface area contributed by atoms with Crippen LogP contribution in [-0.2, 0) is 6.54 Å². The van der Waals surface area contributed by atoms with Crippen molar-refractivity contribution in [3.8, 4) is 0 Å². The zero-order valence-corrected chi connectivity index (χ0v) is 20.1. The second-order valence-electron chi connectivity index (χ2n) is 9.73. The number of amides is 3. The fourth-order valence-electron chi connectivity index (χ4n) is 5.87. The number of carbonyl (C=O) groups excluding carboxylic acids is 2. The fraction of sp³-hybridized carbons (Fsp3) is 0.577. The molecule has 4 heterocycles. The van der Waals surface area contributed by atoms with E-state index in [9.17, 15) is 9.59 Å². The highest BCUT2D eigenvalue weighted by Crippen LogP contribution is 2.37. The van der Waals surface area contributed by atoms with Gasteiger partial charge in [-0.3, -0.25) is 9.78 Å². The first-order chi connectivity index (χ1) is 16.2. The molecule has 6 nitrogen and oxygen atoms in total. The number of hydrogen-bond acceptors (Lipinski definition) is 4. The number of fused-ring (bicyclic) bond motifs is 1. The SMILES string of the molecule is O=C(NCc1ccccn1)N1CCC(c2cc(C(=O)N3CCCC4CCCCC43)cs2)CC1. The Labute approximate surface area is 200 Å². The number of thiophene rings is 1. The lowest BCUT2D eigenvalue weighted by Gasteiger charge is -2.44. The van der Waals surface area contributed by atoms with Crippen molar-refractivity contribution in [1.82, 2.24) is 20.1 Å². The van der Waals surface area contributed by atoms with Crippen LogP contribution in [0.5, 0.6) is 0 Å². The molecule has 33 heavy (non-hydrogen) atoms. The van der Waals surface area contributed by atoms with Crippen molar-refractivity contribution in [3.63, 3.8) is 0 Å². The second-order valence-corrected chi connectivity index (χ2v) is 10.7. The van der Waals surface area contributed by atoms with E-state index < -0.39 is 0 Å². The smallest absolute Gasteiger partial charge is 0.317 e. The predicted molar refractivity (Wildman–Crippen MR) is 130 cm³/mol. The third-order valence-electron chi connectivity index (χ3n) is 7.70. The van der Waals surface area contributed by atoms with Crippen LogP contribution in [0.2, 0.25) is 0 Å². The summed E-state index contributed by atoms with van der Waals surface area (Å²) in [5.74, 6) is 1.38. The second kappa shape index (κ2) is 10.2. The molecule has 2 atom stereocenters. The monoisotopic (exact) mass is 466 g/mol. The number of nitrogens with one attached hydrogen (secondary N) is 1. The number of carbonyl (C=O) groups is 2. The molecule has 0 spiro atoms. The van der Waals surface area contributed by atoms with E-state index in [4.69, 9.17) is 0 Å². The Morgan fingerprint density at radius 1 is 1.03 bits per heavy atom. The fourth-order valence-corrected chi connectivity index (χ4v) is 6.92. The molecule has 7 heteroatoms. The molecule has 3 aliphatic rings. The van der Waals surface area contributed by atoms with Gasteiger partial charge in [0.15, 0.2) is 0 Å². The Hall–Kier alpha value is -2.41. The van der Waals surface area contributed by atoms with Gasteiger partial charge in [-0.05, 0) is 68.6 Å². The van der Waals surface area contributed by atoms with Crippen molar-refractivity contribution in [1.29, 1.82) is 0 Å². The third-order valence-corrected chi connectivity index (χ3v) is 8.80. The Morgan fingerprint density at radius 2 is 1.85 bits per heavy atom. The van der Waals surface area contributed by atoms with Gasteiger partial charge < -0.3 is 15.1 Å². The minimum absolute atomic E-state index is 0.0201. The maximum absolute atomic E-state index is 13.3. The molecule has 0 radical (unpaired) electrons. The van der Waals surface area contributed by atoms with Crippen molar-refractivity contribution in [2.75, 3.05) is 19.6 Å². The van der Waals surface area contributed by atoms with E-state index in [1.165, 1.54) is 37.0 Å². The highest BCUT2D eigenvalue weighted by molar-refractivity contribution is 7.10. The molecule has 176 valence electrons. The topological polar surface area (TPSA) is 65.5 Å². The Bertz CT molecular complexity index is 952. The molecule has 2 aromatic rings. The zero-order valence-electron chi connectivity index (χ0n) is 19.2. The van der Waals surface area contributed by atoms with Gasteiger partial charge in [0.1, 0.15) is 0 Å². The first-order valence-electron chi connectivity index (χ1n) is 12.5. The van der Waals surface area contributed by atoms with Gasteiger partial charge in [-0.15, -0.1) is 11.3 Å². The van der Waals surface area contributed by atoms with Crippen LogP contribution < -0.4 is 5.32 Å². The quantitative estimate of drug-likeness (QED) is 0.688. The molecule has 1 N–H and O–H groups in total. The lowest BCUT2D eigenvalue weighted by molar-refractivity contribution is 0.0391. The molecular formula is C26H34N4O2S. The lowest BCUT2D eigenvalue weighted by Crippen LogP contribution is -2.49. The molecule has 1 aliphatic carbocycles. The summed E-state index contributed by atoms with van der Waals surface area (Å²) in [5.41, 5.74) is 1.74. The van der Waals surface area contributed by atoms with Gasteiger partial charge in [0.2, 0.25) is 0 Å². The number of piperidine rings is 2. The number of pyridine rings is 1. The molecule has 3 fully saturated rings. The minimum Gasteiger partial charge on any atom is -0.335 e. The summed E-state index contributed by atoms with van der Waals surface area (Å²) in [6.07, 6.45) is 11.1. The molecule has 0 bridgehead atoms. The molecular weight excluding hydrogens is 432 g/mol. The first-order valence-corrected chi connectivity index (χ1v) is 13.4. The van der Waals surface area contributed by atoms with Crippen LogP contribution in [0.25, 0.3) is 0 Å². The highest BCUT2D eigenvalue weighted by Gasteiger charge is 2.36. The summed E-state index contributed by atoms with van der Waals surface area (Å²) in [7, 11) is 0. The summed E-state index contributed by atoms with van der Waals surface area (Å²) >= 11 is 1.72. The Morgan fingerprint density at radius 3 is 2.67 bits per heavy atom. The highest BCUT2D eigenvalue weighted by atomic mass is 32.1. The van der Waals surface area contributed by atoms with Gasteiger partial charge >= 0.3 is 6.03 Å². The number of nitrogens with zero attached hydrogens (tertiary/aromatic N) is 3. The van der Waals surface area contributed by atoms with Crippen LogP contribution >= 0.6 is 11.3 Å².